The molecule has 1 heterocycles. The summed E-state index contributed by atoms with van der Waals surface area (Å²) in [6.07, 6.45) is 5.08. The van der Waals surface area contributed by atoms with Crippen LogP contribution in [0.3, 0.4) is 0 Å². The molecule has 80 valence electrons. The highest BCUT2D eigenvalue weighted by atomic mass is 32.2. The number of hydrogen-bond donors (Lipinski definition) is 2. The number of aromatic amines is 1. The molecule has 0 unspecified atom stereocenters. The van der Waals surface area contributed by atoms with E-state index in [1.165, 1.54) is 12.1 Å². The van der Waals surface area contributed by atoms with Crippen LogP contribution in [0.2, 0.25) is 0 Å². The summed E-state index contributed by atoms with van der Waals surface area (Å²) in [7, 11) is -3.50. The molecule has 0 saturated heterocycles. The maximum absolute atomic E-state index is 10.6. The molecule has 0 saturated carbocycles. The largest absolute Gasteiger partial charge is 0.351 e. The topological polar surface area (TPSA) is 88.8 Å². The summed E-state index contributed by atoms with van der Waals surface area (Å²) in [5.41, 5.74) is 0. The summed E-state index contributed by atoms with van der Waals surface area (Å²) in [5, 5.41) is 4.83. The van der Waals surface area contributed by atoms with Crippen LogP contribution in [0, 0.1) is 0 Å². The third-order valence-corrected chi connectivity index (χ3v) is 2.41. The second kappa shape index (κ2) is 5.28. The fourth-order valence-corrected chi connectivity index (χ4v) is 1.36. The van der Waals surface area contributed by atoms with Crippen LogP contribution in [-0.4, -0.2) is 18.4 Å². The highest BCUT2D eigenvalue weighted by Crippen LogP contribution is 2.02. The Balaban J connectivity index is 0.000000187. The number of nitrogens with zero attached hydrogens (tertiary/aromatic N) is 1. The van der Waals surface area contributed by atoms with Crippen LogP contribution in [0.15, 0.2) is 53.9 Å². The Kier molecular flexibility index (Phi) is 4.02. The van der Waals surface area contributed by atoms with Crippen LogP contribution in [0.4, 0.5) is 0 Å². The van der Waals surface area contributed by atoms with Gasteiger partial charge in [0.2, 0.25) is 10.0 Å². The van der Waals surface area contributed by atoms with E-state index in [1.54, 1.807) is 36.9 Å². The van der Waals surface area contributed by atoms with E-state index in [0.717, 1.165) is 0 Å². The van der Waals surface area contributed by atoms with Gasteiger partial charge in [-0.3, -0.25) is 0 Å². The average molecular weight is 225 g/mol. The van der Waals surface area contributed by atoms with Crippen molar-refractivity contribution in [3.05, 3.63) is 49.1 Å². The second-order valence-corrected chi connectivity index (χ2v) is 4.18. The number of benzene rings is 1. The monoisotopic (exact) mass is 225 g/mol. The molecule has 5 nitrogen and oxygen atoms in total. The predicted octanol–water partition coefficient (Wildman–Crippen LogP) is 0.744. The SMILES string of the molecule is NS(=O)(=O)c1ccccc1.c1c[nH]cn1. The maximum atomic E-state index is 10.6. The zero-order chi connectivity index (χ0) is 11.1. The van der Waals surface area contributed by atoms with Crippen molar-refractivity contribution < 1.29 is 8.42 Å². The van der Waals surface area contributed by atoms with E-state index < -0.39 is 10.0 Å². The standard InChI is InChI=1S/C6H7NO2S.C3H4N2/c7-10(8,9)6-4-2-1-3-5-6;1-2-5-3-4-1/h1-5H,(H2,7,8,9);1-3H,(H,4,5). The first-order valence-electron chi connectivity index (χ1n) is 4.11. The van der Waals surface area contributed by atoms with Crippen molar-refractivity contribution in [2.45, 2.75) is 4.90 Å². The minimum atomic E-state index is -3.50. The number of aromatic nitrogens is 2. The maximum Gasteiger partial charge on any atom is 0.238 e. The van der Waals surface area contributed by atoms with Gasteiger partial charge in [-0.1, -0.05) is 18.2 Å². The summed E-state index contributed by atoms with van der Waals surface area (Å²) in [6.45, 7) is 0. The van der Waals surface area contributed by atoms with Crippen molar-refractivity contribution in [2.24, 2.45) is 5.14 Å². The van der Waals surface area contributed by atoms with Crippen molar-refractivity contribution in [1.82, 2.24) is 9.97 Å². The molecule has 3 N–H and O–H groups in total. The molecule has 6 heteroatoms. The van der Waals surface area contributed by atoms with E-state index >= 15 is 0 Å². The normalized spacial score (nSPS) is 10.2. The molecule has 0 aliphatic heterocycles. The number of rotatable bonds is 1. The van der Waals surface area contributed by atoms with Gasteiger partial charge in [0, 0.05) is 12.4 Å². The molecule has 1 aromatic heterocycles. The molecule has 0 bridgehead atoms. The van der Waals surface area contributed by atoms with E-state index in [0.29, 0.717) is 0 Å². The molecule has 0 radical (unpaired) electrons. The Morgan fingerprint density at radius 3 is 2.13 bits per heavy atom. The first-order valence-corrected chi connectivity index (χ1v) is 5.66. The zero-order valence-electron chi connectivity index (χ0n) is 7.87. The summed E-state index contributed by atoms with van der Waals surface area (Å²) < 4.78 is 21.2. The molecular weight excluding hydrogens is 214 g/mol. The molecule has 2 rings (SSSR count). The van der Waals surface area contributed by atoms with Crippen LogP contribution in [0.5, 0.6) is 0 Å². The van der Waals surface area contributed by atoms with Gasteiger partial charge in [0.05, 0.1) is 11.2 Å². The van der Waals surface area contributed by atoms with Gasteiger partial charge in [-0.25, -0.2) is 18.5 Å². The van der Waals surface area contributed by atoms with E-state index in [1.807, 2.05) is 0 Å². The molecule has 0 aliphatic rings. The molecule has 0 amide bonds. The van der Waals surface area contributed by atoms with E-state index in [4.69, 9.17) is 5.14 Å². The lowest BCUT2D eigenvalue weighted by atomic mass is 10.4. The fraction of sp³-hybridized carbons (Fsp3) is 0. The van der Waals surface area contributed by atoms with E-state index in [-0.39, 0.29) is 4.90 Å². The zero-order valence-corrected chi connectivity index (χ0v) is 8.68. The lowest BCUT2D eigenvalue weighted by molar-refractivity contribution is 0.598. The van der Waals surface area contributed by atoms with Crippen molar-refractivity contribution in [3.63, 3.8) is 0 Å². The molecule has 1 aromatic carbocycles. The highest BCUT2D eigenvalue weighted by Gasteiger charge is 2.03. The number of sulfonamides is 1. The Hall–Kier alpha value is -1.66. The van der Waals surface area contributed by atoms with Crippen molar-refractivity contribution in [2.75, 3.05) is 0 Å². The van der Waals surface area contributed by atoms with Crippen molar-refractivity contribution >= 4 is 10.0 Å². The minimum absolute atomic E-state index is 0.148. The quantitative estimate of drug-likeness (QED) is 0.750. The van der Waals surface area contributed by atoms with Gasteiger partial charge in [0.1, 0.15) is 0 Å². The van der Waals surface area contributed by atoms with Crippen molar-refractivity contribution in [3.8, 4) is 0 Å². The Morgan fingerprint density at radius 1 is 1.20 bits per heavy atom. The predicted molar refractivity (Wildman–Crippen MR) is 56.4 cm³/mol. The summed E-state index contributed by atoms with van der Waals surface area (Å²) in [5.74, 6) is 0. The van der Waals surface area contributed by atoms with Crippen molar-refractivity contribution in [1.29, 1.82) is 0 Å². The molecule has 0 spiro atoms. The van der Waals surface area contributed by atoms with E-state index in [2.05, 4.69) is 9.97 Å². The van der Waals surface area contributed by atoms with Gasteiger partial charge in [0.15, 0.2) is 0 Å². The Morgan fingerprint density at radius 2 is 1.87 bits per heavy atom. The lowest BCUT2D eigenvalue weighted by Gasteiger charge is -1.93. The second-order valence-electron chi connectivity index (χ2n) is 2.62. The third kappa shape index (κ3) is 4.39. The summed E-state index contributed by atoms with van der Waals surface area (Å²) in [4.78, 5) is 6.56. The lowest BCUT2D eigenvalue weighted by Crippen LogP contribution is -2.11. The van der Waals surface area contributed by atoms with Gasteiger partial charge in [-0.05, 0) is 12.1 Å². The molecule has 0 fully saturated rings. The number of nitrogens with one attached hydrogen (secondary N) is 1. The molecule has 2 aromatic rings. The average Bonchev–Trinajstić information content (AvgIpc) is 2.76. The van der Waals surface area contributed by atoms with Crippen LogP contribution < -0.4 is 5.14 Å². The summed E-state index contributed by atoms with van der Waals surface area (Å²) in [6, 6.07) is 7.89. The van der Waals surface area contributed by atoms with Crippen LogP contribution in [-0.2, 0) is 10.0 Å². The van der Waals surface area contributed by atoms with Crippen LogP contribution in [0.1, 0.15) is 0 Å². The highest BCUT2D eigenvalue weighted by molar-refractivity contribution is 7.89. The number of imidazole rings is 1. The number of H-pyrrole nitrogens is 1. The fourth-order valence-electron chi connectivity index (χ4n) is 0.825. The summed E-state index contributed by atoms with van der Waals surface area (Å²) >= 11 is 0. The van der Waals surface area contributed by atoms with Gasteiger partial charge in [-0.15, -0.1) is 0 Å². The van der Waals surface area contributed by atoms with Gasteiger partial charge in [-0.2, -0.15) is 0 Å². The number of hydrogen-bond acceptors (Lipinski definition) is 3. The first-order chi connectivity index (χ1) is 7.11. The van der Waals surface area contributed by atoms with Gasteiger partial charge >= 0.3 is 0 Å². The Labute approximate surface area is 88.0 Å². The molecule has 0 aliphatic carbocycles. The minimum Gasteiger partial charge on any atom is -0.351 e. The van der Waals surface area contributed by atoms with Crippen LogP contribution >= 0.6 is 0 Å². The smallest absolute Gasteiger partial charge is 0.238 e. The van der Waals surface area contributed by atoms with Gasteiger partial charge < -0.3 is 4.98 Å². The Bertz CT molecular complexity index is 448. The molecule has 0 atom stereocenters. The van der Waals surface area contributed by atoms with Gasteiger partial charge in [0.25, 0.3) is 0 Å². The van der Waals surface area contributed by atoms with Crippen LogP contribution in [0.25, 0.3) is 0 Å². The number of primary sulfonamides is 1. The first kappa shape index (κ1) is 11.4. The third-order valence-electron chi connectivity index (χ3n) is 1.48. The molecular formula is C9H11N3O2S. The molecule has 15 heavy (non-hydrogen) atoms. The number of nitrogens with two attached hydrogens (primary N) is 1. The van der Waals surface area contributed by atoms with E-state index in [9.17, 15) is 8.42 Å².